The molecule has 0 spiro atoms. The number of hydrogen-bond donors (Lipinski definition) is 1. The number of carbonyl (C=O) groups excluding carboxylic acids is 2. The molecule has 0 aromatic heterocycles. The fourth-order valence-corrected chi connectivity index (χ4v) is 1.69. The van der Waals surface area contributed by atoms with E-state index in [1.165, 1.54) is 11.9 Å². The third-order valence-electron chi connectivity index (χ3n) is 2.73. The Bertz CT molecular complexity index is 433. The summed E-state index contributed by atoms with van der Waals surface area (Å²) in [7, 11) is 1.53. The van der Waals surface area contributed by atoms with Crippen LogP contribution in [0.1, 0.15) is 18.6 Å². The van der Waals surface area contributed by atoms with Crippen molar-refractivity contribution in [3.8, 4) is 0 Å². The normalized spacial score (nSPS) is 21.5. The number of hydrogen-bond acceptors (Lipinski definition) is 3. The van der Waals surface area contributed by atoms with Crippen LogP contribution < -0.4 is 5.32 Å². The molecule has 5 nitrogen and oxygen atoms in total. The molecule has 5 heteroatoms. The molecule has 1 fully saturated rings. The van der Waals surface area contributed by atoms with Gasteiger partial charge < -0.3 is 4.74 Å². The zero-order valence-electron chi connectivity index (χ0n) is 9.71. The highest BCUT2D eigenvalue weighted by Gasteiger charge is 2.37. The Kier molecular flexibility index (Phi) is 3.10. The first kappa shape index (κ1) is 11.6. The molecule has 0 aliphatic carbocycles. The third kappa shape index (κ3) is 2.29. The van der Waals surface area contributed by atoms with Crippen LogP contribution >= 0.6 is 0 Å². The number of ether oxygens (including phenoxy) is 1. The summed E-state index contributed by atoms with van der Waals surface area (Å²) in [5, 5.41) is 2.20. The maximum absolute atomic E-state index is 11.5. The van der Waals surface area contributed by atoms with E-state index >= 15 is 0 Å². The minimum absolute atomic E-state index is 0.250. The van der Waals surface area contributed by atoms with Crippen molar-refractivity contribution in [1.29, 1.82) is 0 Å². The average Bonchev–Trinajstić information content (AvgIpc) is 2.57. The summed E-state index contributed by atoms with van der Waals surface area (Å²) in [6.45, 7) is 1.85. The maximum atomic E-state index is 11.5. The minimum atomic E-state index is -0.849. The fourth-order valence-electron chi connectivity index (χ4n) is 1.69. The Morgan fingerprint density at radius 1 is 1.29 bits per heavy atom. The highest BCUT2D eigenvalue weighted by atomic mass is 16.5. The van der Waals surface area contributed by atoms with Crippen LogP contribution in [0.4, 0.5) is 4.79 Å². The zero-order valence-corrected chi connectivity index (χ0v) is 9.71. The Morgan fingerprint density at radius 3 is 2.47 bits per heavy atom. The van der Waals surface area contributed by atoms with Crippen molar-refractivity contribution < 1.29 is 14.3 Å². The van der Waals surface area contributed by atoms with Gasteiger partial charge in [0.2, 0.25) is 6.23 Å². The number of amides is 3. The first-order chi connectivity index (χ1) is 8.09. The first-order valence-corrected chi connectivity index (χ1v) is 5.37. The van der Waals surface area contributed by atoms with E-state index in [2.05, 4.69) is 5.32 Å². The molecule has 1 N–H and O–H groups in total. The number of likely N-dealkylation sites (N-methyl/N-ethyl adjacent to an activating group) is 1. The molecule has 1 aromatic rings. The van der Waals surface area contributed by atoms with E-state index in [0.29, 0.717) is 0 Å². The van der Waals surface area contributed by atoms with Gasteiger partial charge in [-0.05, 0) is 12.5 Å². The average molecular weight is 234 g/mol. The summed E-state index contributed by atoms with van der Waals surface area (Å²) < 4.78 is 5.59. The van der Waals surface area contributed by atoms with Crippen LogP contribution in [0.2, 0.25) is 0 Å². The second-order valence-corrected chi connectivity index (χ2v) is 3.95. The van der Waals surface area contributed by atoms with E-state index in [-0.39, 0.29) is 6.10 Å². The van der Waals surface area contributed by atoms with Crippen LogP contribution in [-0.4, -0.2) is 30.1 Å². The molecule has 2 rings (SSSR count). The second-order valence-electron chi connectivity index (χ2n) is 3.95. The van der Waals surface area contributed by atoms with Crippen molar-refractivity contribution in [2.24, 2.45) is 0 Å². The van der Waals surface area contributed by atoms with Gasteiger partial charge in [-0.25, -0.2) is 4.79 Å². The fraction of sp³-hybridized carbons (Fsp3) is 0.333. The van der Waals surface area contributed by atoms with E-state index < -0.39 is 18.2 Å². The standard InChI is InChI=1S/C12H14N2O3/c1-8(9-6-4-3-5-7-9)17-11-10(15)13-12(16)14(11)2/h3-8,11H,1-2H3,(H,13,15,16)/t8-,11-/m0/s1. The molecule has 0 unspecified atom stereocenters. The molecule has 1 aromatic carbocycles. The first-order valence-electron chi connectivity index (χ1n) is 5.37. The van der Waals surface area contributed by atoms with Crippen LogP contribution in [0.3, 0.4) is 0 Å². The summed E-state index contributed by atoms with van der Waals surface area (Å²) in [5.74, 6) is -0.416. The monoisotopic (exact) mass is 234 g/mol. The summed E-state index contributed by atoms with van der Waals surface area (Å²) >= 11 is 0. The van der Waals surface area contributed by atoms with Crippen molar-refractivity contribution in [2.75, 3.05) is 7.05 Å². The molecular weight excluding hydrogens is 220 g/mol. The van der Waals surface area contributed by atoms with Crippen molar-refractivity contribution >= 4 is 11.9 Å². The largest absolute Gasteiger partial charge is 0.341 e. The van der Waals surface area contributed by atoms with Gasteiger partial charge >= 0.3 is 6.03 Å². The lowest BCUT2D eigenvalue weighted by atomic mass is 10.1. The zero-order chi connectivity index (χ0) is 12.4. The van der Waals surface area contributed by atoms with Gasteiger partial charge in [0, 0.05) is 7.05 Å². The predicted octanol–water partition coefficient (Wildman–Crippen LogP) is 1.27. The molecule has 90 valence electrons. The van der Waals surface area contributed by atoms with Gasteiger partial charge in [-0.15, -0.1) is 0 Å². The number of imide groups is 1. The predicted molar refractivity (Wildman–Crippen MR) is 61.0 cm³/mol. The molecule has 2 atom stereocenters. The minimum Gasteiger partial charge on any atom is -0.341 e. The molecule has 1 saturated heterocycles. The number of urea groups is 1. The van der Waals surface area contributed by atoms with E-state index in [1.54, 1.807) is 0 Å². The van der Waals surface area contributed by atoms with Gasteiger partial charge in [0.15, 0.2) is 0 Å². The molecule has 0 saturated carbocycles. The Labute approximate surface area is 99.4 Å². The summed E-state index contributed by atoms with van der Waals surface area (Å²) in [5.41, 5.74) is 0.966. The third-order valence-corrected chi connectivity index (χ3v) is 2.73. The SMILES string of the molecule is C[C@H](O[C@H]1C(=O)NC(=O)N1C)c1ccccc1. The quantitative estimate of drug-likeness (QED) is 0.801. The lowest BCUT2D eigenvalue weighted by Crippen LogP contribution is -2.34. The van der Waals surface area contributed by atoms with E-state index in [1.807, 2.05) is 37.3 Å². The van der Waals surface area contributed by atoms with Crippen molar-refractivity contribution in [3.05, 3.63) is 35.9 Å². The Hall–Kier alpha value is -1.88. The van der Waals surface area contributed by atoms with Crippen LogP contribution in [0.15, 0.2) is 30.3 Å². The Morgan fingerprint density at radius 2 is 1.94 bits per heavy atom. The van der Waals surface area contributed by atoms with E-state index in [4.69, 9.17) is 4.74 Å². The molecule has 0 radical (unpaired) electrons. The van der Waals surface area contributed by atoms with Crippen molar-refractivity contribution in [3.63, 3.8) is 0 Å². The van der Waals surface area contributed by atoms with Gasteiger partial charge in [0.05, 0.1) is 6.10 Å². The number of carbonyl (C=O) groups is 2. The smallest absolute Gasteiger partial charge is 0.326 e. The lowest BCUT2D eigenvalue weighted by molar-refractivity contribution is -0.140. The molecule has 1 aliphatic heterocycles. The van der Waals surface area contributed by atoms with Gasteiger partial charge in [0.1, 0.15) is 0 Å². The summed E-state index contributed by atoms with van der Waals surface area (Å²) in [6, 6.07) is 9.12. The molecular formula is C12H14N2O3. The van der Waals surface area contributed by atoms with Gasteiger partial charge in [-0.1, -0.05) is 30.3 Å². The molecule has 3 amide bonds. The second kappa shape index (κ2) is 4.55. The number of nitrogens with zero attached hydrogens (tertiary/aromatic N) is 1. The molecule has 0 bridgehead atoms. The molecule has 1 heterocycles. The highest BCUT2D eigenvalue weighted by Crippen LogP contribution is 2.20. The van der Waals surface area contributed by atoms with Crippen LogP contribution in [0.25, 0.3) is 0 Å². The van der Waals surface area contributed by atoms with Crippen LogP contribution in [-0.2, 0) is 9.53 Å². The van der Waals surface area contributed by atoms with Crippen molar-refractivity contribution in [1.82, 2.24) is 10.2 Å². The number of rotatable bonds is 3. The topological polar surface area (TPSA) is 58.6 Å². The lowest BCUT2D eigenvalue weighted by Gasteiger charge is -2.21. The van der Waals surface area contributed by atoms with Gasteiger partial charge in [-0.3, -0.25) is 15.0 Å². The summed E-state index contributed by atoms with van der Waals surface area (Å²) in [6.07, 6.45) is -1.10. The van der Waals surface area contributed by atoms with E-state index in [0.717, 1.165) is 5.56 Å². The highest BCUT2D eigenvalue weighted by molar-refractivity contribution is 6.03. The molecule has 1 aliphatic rings. The van der Waals surface area contributed by atoms with Crippen molar-refractivity contribution in [2.45, 2.75) is 19.3 Å². The summed E-state index contributed by atoms with van der Waals surface area (Å²) in [4.78, 5) is 23.9. The Balaban J connectivity index is 2.07. The number of nitrogens with one attached hydrogen (secondary N) is 1. The number of benzene rings is 1. The van der Waals surface area contributed by atoms with Crippen LogP contribution in [0, 0.1) is 0 Å². The molecule has 17 heavy (non-hydrogen) atoms. The maximum Gasteiger partial charge on any atom is 0.326 e. The van der Waals surface area contributed by atoms with Gasteiger partial charge in [0.25, 0.3) is 5.91 Å². The van der Waals surface area contributed by atoms with E-state index in [9.17, 15) is 9.59 Å². The van der Waals surface area contributed by atoms with Gasteiger partial charge in [-0.2, -0.15) is 0 Å². The van der Waals surface area contributed by atoms with Crippen LogP contribution in [0.5, 0.6) is 0 Å².